The van der Waals surface area contributed by atoms with E-state index in [-0.39, 0.29) is 16.2 Å². The molecular formula is C26H19N3O3S. The molecule has 0 unspecified atom stereocenters. The Hall–Kier alpha value is -4.10. The van der Waals surface area contributed by atoms with Crippen LogP contribution in [0.1, 0.15) is 22.4 Å². The molecular weight excluding hydrogens is 434 g/mol. The molecule has 0 saturated carbocycles. The third-order valence-corrected chi connectivity index (χ3v) is 6.05. The lowest BCUT2D eigenvalue weighted by Crippen LogP contribution is -2.28. The second-order valence-corrected chi connectivity index (χ2v) is 8.49. The van der Waals surface area contributed by atoms with Gasteiger partial charge in [-0.15, -0.1) is 0 Å². The number of rotatable bonds is 6. The van der Waals surface area contributed by atoms with Crippen molar-refractivity contribution in [2.75, 3.05) is 0 Å². The van der Waals surface area contributed by atoms with Gasteiger partial charge in [-0.05, 0) is 34.9 Å². The fourth-order valence-corrected chi connectivity index (χ4v) is 4.30. The highest BCUT2D eigenvalue weighted by atomic mass is 32.1. The number of hydrogen-bond acceptors (Lipinski definition) is 6. The van der Waals surface area contributed by atoms with Crippen molar-refractivity contribution in [3.63, 3.8) is 0 Å². The summed E-state index contributed by atoms with van der Waals surface area (Å²) < 4.78 is 7.49. The quantitative estimate of drug-likeness (QED) is 0.395. The van der Waals surface area contributed by atoms with Gasteiger partial charge in [0.2, 0.25) is 4.96 Å². The molecule has 33 heavy (non-hydrogen) atoms. The lowest BCUT2D eigenvalue weighted by Gasteiger charge is -2.06. The van der Waals surface area contributed by atoms with Crippen molar-refractivity contribution in [2.45, 2.75) is 13.0 Å². The Morgan fingerprint density at radius 2 is 1.52 bits per heavy atom. The first-order valence-electron chi connectivity index (χ1n) is 10.4. The molecule has 2 aromatic heterocycles. The minimum Gasteiger partial charge on any atom is -0.489 e. The van der Waals surface area contributed by atoms with Gasteiger partial charge in [0.1, 0.15) is 18.1 Å². The van der Waals surface area contributed by atoms with E-state index in [0.29, 0.717) is 17.6 Å². The Kier molecular flexibility index (Phi) is 5.78. The van der Waals surface area contributed by atoms with Crippen LogP contribution in [-0.4, -0.2) is 14.6 Å². The zero-order valence-corrected chi connectivity index (χ0v) is 18.4. The van der Waals surface area contributed by atoms with Crippen molar-refractivity contribution < 1.29 is 4.74 Å². The lowest BCUT2D eigenvalue weighted by atomic mass is 10.1. The van der Waals surface area contributed by atoms with E-state index >= 15 is 0 Å². The normalized spacial score (nSPS) is 11.7. The van der Waals surface area contributed by atoms with Crippen LogP contribution in [0.25, 0.3) is 11.0 Å². The van der Waals surface area contributed by atoms with Crippen molar-refractivity contribution in [1.29, 1.82) is 0 Å². The lowest BCUT2D eigenvalue weighted by molar-refractivity contribution is 0.306. The molecule has 0 bridgehead atoms. The van der Waals surface area contributed by atoms with Crippen LogP contribution in [0.2, 0.25) is 0 Å². The molecule has 0 aliphatic carbocycles. The Morgan fingerprint density at radius 3 is 2.21 bits per heavy atom. The monoisotopic (exact) mass is 453 g/mol. The van der Waals surface area contributed by atoms with Crippen LogP contribution in [0.5, 0.6) is 5.75 Å². The Labute approximate surface area is 193 Å². The summed E-state index contributed by atoms with van der Waals surface area (Å²) >= 11 is 1.15. The molecule has 0 atom stereocenters. The van der Waals surface area contributed by atoms with E-state index < -0.39 is 5.56 Å². The largest absolute Gasteiger partial charge is 0.489 e. The van der Waals surface area contributed by atoms with Gasteiger partial charge in [0.05, 0.1) is 4.53 Å². The molecule has 5 rings (SSSR count). The van der Waals surface area contributed by atoms with E-state index in [1.807, 2.05) is 84.9 Å². The highest BCUT2D eigenvalue weighted by Gasteiger charge is 2.11. The summed E-state index contributed by atoms with van der Waals surface area (Å²) in [7, 11) is 0. The van der Waals surface area contributed by atoms with E-state index in [2.05, 4.69) is 10.1 Å². The van der Waals surface area contributed by atoms with Crippen LogP contribution in [0.3, 0.4) is 0 Å². The molecule has 0 N–H and O–H groups in total. The van der Waals surface area contributed by atoms with Crippen molar-refractivity contribution in [3.8, 4) is 5.75 Å². The number of thiazole rings is 1. The SMILES string of the molecule is O=c1nc2sc(=Cc3ccc(OCc4ccccc4)cc3)c(=O)n2nc1Cc1ccccc1. The van der Waals surface area contributed by atoms with Crippen molar-refractivity contribution in [3.05, 3.63) is 133 Å². The molecule has 2 heterocycles. The van der Waals surface area contributed by atoms with Crippen LogP contribution in [-0.2, 0) is 13.0 Å². The zero-order valence-electron chi connectivity index (χ0n) is 17.5. The number of ether oxygens (including phenoxy) is 1. The summed E-state index contributed by atoms with van der Waals surface area (Å²) in [6.07, 6.45) is 2.10. The van der Waals surface area contributed by atoms with Crippen LogP contribution in [0, 0.1) is 0 Å². The molecule has 0 radical (unpaired) electrons. The maximum Gasteiger partial charge on any atom is 0.296 e. The maximum atomic E-state index is 12.9. The van der Waals surface area contributed by atoms with Gasteiger partial charge in [0.15, 0.2) is 0 Å². The average Bonchev–Trinajstić information content (AvgIpc) is 3.14. The average molecular weight is 454 g/mol. The van der Waals surface area contributed by atoms with Gasteiger partial charge in [0, 0.05) is 6.42 Å². The molecule has 0 spiro atoms. The van der Waals surface area contributed by atoms with E-state index in [4.69, 9.17) is 4.74 Å². The smallest absolute Gasteiger partial charge is 0.296 e. The van der Waals surface area contributed by atoms with Crippen molar-refractivity contribution >= 4 is 22.4 Å². The highest BCUT2D eigenvalue weighted by Crippen LogP contribution is 2.15. The van der Waals surface area contributed by atoms with Gasteiger partial charge in [-0.3, -0.25) is 9.59 Å². The molecule has 5 aromatic rings. The van der Waals surface area contributed by atoms with Crippen LogP contribution in [0.4, 0.5) is 0 Å². The highest BCUT2D eigenvalue weighted by molar-refractivity contribution is 7.15. The minimum absolute atomic E-state index is 0.250. The fraction of sp³-hybridized carbons (Fsp3) is 0.0769. The topological polar surface area (TPSA) is 73.6 Å². The summed E-state index contributed by atoms with van der Waals surface area (Å²) in [5.74, 6) is 0.744. The van der Waals surface area contributed by atoms with Crippen LogP contribution in [0.15, 0.2) is 94.5 Å². The van der Waals surface area contributed by atoms with E-state index in [0.717, 1.165) is 33.8 Å². The van der Waals surface area contributed by atoms with Gasteiger partial charge in [0.25, 0.3) is 11.1 Å². The Balaban J connectivity index is 1.40. The van der Waals surface area contributed by atoms with Gasteiger partial charge in [-0.2, -0.15) is 14.6 Å². The number of hydrogen-bond donors (Lipinski definition) is 0. The number of aromatic nitrogens is 3. The Morgan fingerprint density at radius 1 is 0.848 bits per heavy atom. The van der Waals surface area contributed by atoms with Crippen LogP contribution < -0.4 is 20.4 Å². The van der Waals surface area contributed by atoms with Crippen LogP contribution >= 0.6 is 11.3 Å². The number of benzene rings is 3. The van der Waals surface area contributed by atoms with Gasteiger partial charge >= 0.3 is 0 Å². The maximum absolute atomic E-state index is 12.9. The first-order chi connectivity index (χ1) is 16.2. The summed E-state index contributed by atoms with van der Waals surface area (Å²) in [6.45, 7) is 0.488. The van der Waals surface area contributed by atoms with Gasteiger partial charge < -0.3 is 4.74 Å². The third-order valence-electron chi connectivity index (χ3n) is 5.09. The molecule has 3 aromatic carbocycles. The predicted molar refractivity (Wildman–Crippen MR) is 129 cm³/mol. The third kappa shape index (κ3) is 4.73. The summed E-state index contributed by atoms with van der Waals surface area (Å²) in [5, 5.41) is 4.30. The van der Waals surface area contributed by atoms with E-state index in [9.17, 15) is 9.59 Å². The molecule has 6 nitrogen and oxygen atoms in total. The standard InChI is InChI=1S/C26H19N3O3S/c30-24-22(15-18-7-3-1-4-8-18)28-29-25(31)23(33-26(29)27-24)16-19-11-13-21(14-12-19)32-17-20-9-5-2-6-10-20/h1-14,16H,15,17H2. The molecule has 0 aliphatic rings. The van der Waals surface area contributed by atoms with Crippen molar-refractivity contribution in [2.24, 2.45) is 0 Å². The van der Waals surface area contributed by atoms with Gasteiger partial charge in [-0.1, -0.05) is 84.1 Å². The molecule has 0 aliphatic heterocycles. The fourth-order valence-electron chi connectivity index (χ4n) is 3.39. The minimum atomic E-state index is -0.411. The number of nitrogens with zero attached hydrogens (tertiary/aromatic N) is 3. The van der Waals surface area contributed by atoms with E-state index in [1.54, 1.807) is 6.08 Å². The first kappa shape index (κ1) is 20.8. The number of fused-ring (bicyclic) bond motifs is 1. The summed E-state index contributed by atoms with van der Waals surface area (Å²) in [5.41, 5.74) is 2.43. The summed E-state index contributed by atoms with van der Waals surface area (Å²) in [4.78, 5) is 29.7. The first-order valence-corrected chi connectivity index (χ1v) is 11.2. The molecule has 162 valence electrons. The van der Waals surface area contributed by atoms with Crippen molar-refractivity contribution in [1.82, 2.24) is 14.6 Å². The predicted octanol–water partition coefficient (Wildman–Crippen LogP) is 3.23. The summed E-state index contributed by atoms with van der Waals surface area (Å²) in [6, 6.07) is 27.0. The molecule has 0 fully saturated rings. The second-order valence-electron chi connectivity index (χ2n) is 7.48. The zero-order chi connectivity index (χ0) is 22.6. The molecule has 0 saturated heterocycles. The second kappa shape index (κ2) is 9.18. The Bertz CT molecular complexity index is 1560. The molecule has 7 heteroatoms. The van der Waals surface area contributed by atoms with Gasteiger partial charge in [-0.25, -0.2) is 0 Å². The molecule has 0 amide bonds. The van der Waals surface area contributed by atoms with E-state index in [1.165, 1.54) is 4.52 Å².